The van der Waals surface area contributed by atoms with E-state index in [0.717, 1.165) is 38.4 Å². The fourth-order valence-corrected chi connectivity index (χ4v) is 2.91. The summed E-state index contributed by atoms with van der Waals surface area (Å²) in [6, 6.07) is 0.597. The molecule has 16 heavy (non-hydrogen) atoms. The molecule has 1 N–H and O–H groups in total. The van der Waals surface area contributed by atoms with Crippen LogP contribution in [0.3, 0.4) is 0 Å². The molecule has 0 unspecified atom stereocenters. The van der Waals surface area contributed by atoms with Gasteiger partial charge < -0.3 is 10.2 Å². The second kappa shape index (κ2) is 5.67. The maximum absolute atomic E-state index is 11.9. The predicted octanol–water partition coefficient (Wildman–Crippen LogP) is 1.78. The van der Waals surface area contributed by atoms with Gasteiger partial charge in [0.25, 0.3) is 0 Å². The number of carbonyl (C=O) groups is 1. The highest BCUT2D eigenvalue weighted by Gasteiger charge is 2.37. The van der Waals surface area contributed by atoms with Gasteiger partial charge in [-0.05, 0) is 25.3 Å². The lowest BCUT2D eigenvalue weighted by molar-refractivity contribution is -0.130. The summed E-state index contributed by atoms with van der Waals surface area (Å²) in [5.74, 6) is 1.12. The van der Waals surface area contributed by atoms with Gasteiger partial charge in [-0.25, -0.2) is 0 Å². The van der Waals surface area contributed by atoms with Gasteiger partial charge in [-0.2, -0.15) is 0 Å². The minimum Gasteiger partial charge on any atom is -0.341 e. The van der Waals surface area contributed by atoms with E-state index in [2.05, 4.69) is 17.1 Å². The average Bonchev–Trinajstić information content (AvgIpc) is 2.83. The van der Waals surface area contributed by atoms with Gasteiger partial charge in [-0.1, -0.05) is 26.2 Å². The van der Waals surface area contributed by atoms with Gasteiger partial charge in [-0.3, -0.25) is 4.79 Å². The molecule has 3 nitrogen and oxygen atoms in total. The van der Waals surface area contributed by atoms with Gasteiger partial charge in [0, 0.05) is 25.6 Å². The summed E-state index contributed by atoms with van der Waals surface area (Å²) in [5, 5.41) is 3.49. The molecule has 2 rings (SSSR count). The Kier molecular flexibility index (Phi) is 4.22. The molecule has 0 spiro atoms. The first-order valence-corrected chi connectivity index (χ1v) is 6.82. The molecule has 0 saturated carbocycles. The van der Waals surface area contributed by atoms with Crippen LogP contribution < -0.4 is 5.32 Å². The normalized spacial score (nSPS) is 28.4. The van der Waals surface area contributed by atoms with Crippen LogP contribution in [-0.4, -0.2) is 36.5 Å². The van der Waals surface area contributed by atoms with Crippen molar-refractivity contribution < 1.29 is 4.79 Å². The van der Waals surface area contributed by atoms with E-state index in [1.807, 2.05) is 0 Å². The molecule has 2 atom stereocenters. The topological polar surface area (TPSA) is 32.3 Å². The number of amides is 1. The smallest absolute Gasteiger partial charge is 0.222 e. The quantitative estimate of drug-likeness (QED) is 0.722. The highest BCUT2D eigenvalue weighted by atomic mass is 16.2. The van der Waals surface area contributed by atoms with Crippen molar-refractivity contribution >= 4 is 5.91 Å². The lowest BCUT2D eigenvalue weighted by Crippen LogP contribution is -2.33. The molecule has 0 aromatic carbocycles. The van der Waals surface area contributed by atoms with Crippen LogP contribution in [0, 0.1) is 5.92 Å². The van der Waals surface area contributed by atoms with Crippen molar-refractivity contribution in [2.45, 2.75) is 51.5 Å². The Hall–Kier alpha value is -0.570. The van der Waals surface area contributed by atoms with Crippen LogP contribution >= 0.6 is 0 Å². The maximum atomic E-state index is 11.9. The molecule has 2 aliphatic rings. The summed E-state index contributed by atoms with van der Waals surface area (Å²) in [4.78, 5) is 14.0. The Balaban J connectivity index is 1.66. The standard InChI is InChI=1S/C13H24N2O/c1-2-3-4-5-6-13(16)15-9-11-7-8-14-12(11)10-15/h11-12,14H,2-10H2,1H3/t11-,12+/m0/s1. The first kappa shape index (κ1) is 11.9. The SMILES string of the molecule is CCCCCCC(=O)N1C[C@@H]2CCN[C@@H]2C1. The van der Waals surface area contributed by atoms with Crippen LogP contribution in [-0.2, 0) is 4.79 Å². The number of fused-ring (bicyclic) bond motifs is 1. The minimum absolute atomic E-state index is 0.382. The predicted molar refractivity (Wildman–Crippen MR) is 65.2 cm³/mol. The van der Waals surface area contributed by atoms with E-state index in [-0.39, 0.29) is 0 Å². The summed E-state index contributed by atoms with van der Waals surface area (Å²) in [6.45, 7) is 5.31. The number of nitrogens with zero attached hydrogens (tertiary/aromatic N) is 1. The molecule has 92 valence electrons. The van der Waals surface area contributed by atoms with Crippen LogP contribution in [0.15, 0.2) is 0 Å². The Morgan fingerprint density at radius 1 is 1.31 bits per heavy atom. The van der Waals surface area contributed by atoms with E-state index in [1.54, 1.807) is 0 Å². The zero-order chi connectivity index (χ0) is 11.4. The fraction of sp³-hybridized carbons (Fsp3) is 0.923. The number of carbonyl (C=O) groups excluding carboxylic acids is 1. The second-order valence-corrected chi connectivity index (χ2v) is 5.22. The first-order chi connectivity index (χ1) is 7.81. The first-order valence-electron chi connectivity index (χ1n) is 6.82. The Morgan fingerprint density at radius 3 is 2.94 bits per heavy atom. The number of rotatable bonds is 5. The van der Waals surface area contributed by atoms with E-state index < -0.39 is 0 Å². The van der Waals surface area contributed by atoms with Crippen molar-refractivity contribution in [3.05, 3.63) is 0 Å². The van der Waals surface area contributed by atoms with Gasteiger partial charge in [0.1, 0.15) is 0 Å². The minimum atomic E-state index is 0.382. The van der Waals surface area contributed by atoms with Gasteiger partial charge in [-0.15, -0.1) is 0 Å². The van der Waals surface area contributed by atoms with Crippen molar-refractivity contribution in [2.24, 2.45) is 5.92 Å². The number of unbranched alkanes of at least 4 members (excludes halogenated alkanes) is 3. The van der Waals surface area contributed by atoms with E-state index in [9.17, 15) is 4.79 Å². The lowest BCUT2D eigenvalue weighted by atomic mass is 10.1. The van der Waals surface area contributed by atoms with Crippen LogP contribution in [0.4, 0.5) is 0 Å². The summed E-state index contributed by atoms with van der Waals surface area (Å²) < 4.78 is 0. The molecule has 2 fully saturated rings. The number of nitrogens with one attached hydrogen (secondary N) is 1. The second-order valence-electron chi connectivity index (χ2n) is 5.22. The average molecular weight is 224 g/mol. The van der Waals surface area contributed by atoms with Crippen LogP contribution in [0.2, 0.25) is 0 Å². The fourth-order valence-electron chi connectivity index (χ4n) is 2.91. The molecule has 0 aromatic heterocycles. The van der Waals surface area contributed by atoms with E-state index in [0.29, 0.717) is 11.9 Å². The molecule has 0 aromatic rings. The highest BCUT2D eigenvalue weighted by Crippen LogP contribution is 2.25. The van der Waals surface area contributed by atoms with Crippen LogP contribution in [0.5, 0.6) is 0 Å². The molecular formula is C13H24N2O. The molecule has 1 amide bonds. The Labute approximate surface area is 98.6 Å². The molecule has 2 heterocycles. The summed E-state index contributed by atoms with van der Waals surface area (Å²) in [7, 11) is 0. The summed E-state index contributed by atoms with van der Waals surface area (Å²) in [6.07, 6.45) is 6.81. The van der Waals surface area contributed by atoms with Gasteiger partial charge in [0.05, 0.1) is 0 Å². The molecule has 0 bridgehead atoms. The number of hydrogen-bond acceptors (Lipinski definition) is 2. The van der Waals surface area contributed by atoms with Crippen molar-refractivity contribution in [1.82, 2.24) is 10.2 Å². The monoisotopic (exact) mass is 224 g/mol. The third-order valence-corrected chi connectivity index (χ3v) is 3.96. The van der Waals surface area contributed by atoms with Crippen LogP contribution in [0.1, 0.15) is 45.4 Å². The zero-order valence-electron chi connectivity index (χ0n) is 10.4. The van der Waals surface area contributed by atoms with Crippen molar-refractivity contribution in [3.8, 4) is 0 Å². The molecular weight excluding hydrogens is 200 g/mol. The zero-order valence-corrected chi connectivity index (χ0v) is 10.4. The van der Waals surface area contributed by atoms with E-state index in [1.165, 1.54) is 25.7 Å². The molecule has 2 saturated heterocycles. The molecule has 0 radical (unpaired) electrons. The lowest BCUT2D eigenvalue weighted by Gasteiger charge is -2.17. The highest BCUT2D eigenvalue weighted by molar-refractivity contribution is 5.76. The van der Waals surface area contributed by atoms with Gasteiger partial charge in [0.2, 0.25) is 5.91 Å². The summed E-state index contributed by atoms with van der Waals surface area (Å²) >= 11 is 0. The largest absolute Gasteiger partial charge is 0.341 e. The van der Waals surface area contributed by atoms with Gasteiger partial charge >= 0.3 is 0 Å². The molecule has 2 aliphatic heterocycles. The Bertz CT molecular complexity index is 230. The third kappa shape index (κ3) is 2.76. The van der Waals surface area contributed by atoms with Crippen LogP contribution in [0.25, 0.3) is 0 Å². The van der Waals surface area contributed by atoms with E-state index in [4.69, 9.17) is 0 Å². The maximum Gasteiger partial charge on any atom is 0.222 e. The number of likely N-dealkylation sites (tertiary alicyclic amines) is 1. The Morgan fingerprint density at radius 2 is 2.19 bits per heavy atom. The van der Waals surface area contributed by atoms with Crippen molar-refractivity contribution in [1.29, 1.82) is 0 Å². The van der Waals surface area contributed by atoms with E-state index >= 15 is 0 Å². The molecule has 3 heteroatoms. The third-order valence-electron chi connectivity index (χ3n) is 3.96. The summed E-state index contributed by atoms with van der Waals surface area (Å²) in [5.41, 5.74) is 0. The van der Waals surface area contributed by atoms with Crippen molar-refractivity contribution in [2.75, 3.05) is 19.6 Å². The van der Waals surface area contributed by atoms with Crippen molar-refractivity contribution in [3.63, 3.8) is 0 Å². The number of hydrogen-bond donors (Lipinski definition) is 1. The molecule has 0 aliphatic carbocycles. The van der Waals surface area contributed by atoms with Gasteiger partial charge in [0.15, 0.2) is 0 Å².